The Balaban J connectivity index is 1.47. The van der Waals surface area contributed by atoms with Gasteiger partial charge >= 0.3 is 6.03 Å². The maximum atomic E-state index is 13.1. The number of rotatable bonds is 3. The highest BCUT2D eigenvalue weighted by Crippen LogP contribution is 2.36. The van der Waals surface area contributed by atoms with E-state index in [1.807, 2.05) is 0 Å². The number of nitrogens with one attached hydrogen (secondary N) is 2. The molecule has 1 saturated carbocycles. The molecule has 1 aliphatic heterocycles. The normalized spacial score (nSPS) is 24.5. The van der Waals surface area contributed by atoms with E-state index >= 15 is 0 Å². The van der Waals surface area contributed by atoms with E-state index in [9.17, 15) is 18.8 Å². The Morgan fingerprint density at radius 1 is 1.18 bits per heavy atom. The third kappa shape index (κ3) is 3.28. The highest BCUT2D eigenvalue weighted by molar-refractivity contribution is 7.17. The summed E-state index contributed by atoms with van der Waals surface area (Å²) in [5.41, 5.74) is 2.33. The highest BCUT2D eigenvalue weighted by atomic mass is 32.1. The van der Waals surface area contributed by atoms with Gasteiger partial charge in [-0.2, -0.15) is 5.01 Å². The van der Waals surface area contributed by atoms with Crippen molar-refractivity contribution in [2.45, 2.75) is 38.1 Å². The van der Waals surface area contributed by atoms with Crippen molar-refractivity contribution in [2.24, 2.45) is 5.92 Å². The van der Waals surface area contributed by atoms with Gasteiger partial charge in [0.15, 0.2) is 0 Å². The monoisotopic (exact) mass is 401 g/mol. The molecule has 28 heavy (non-hydrogen) atoms. The van der Waals surface area contributed by atoms with Crippen LogP contribution in [0.15, 0.2) is 36.4 Å². The number of nitrogens with zero attached hydrogens (tertiary/aromatic N) is 1. The molecule has 8 heteroatoms. The van der Waals surface area contributed by atoms with Crippen LogP contribution in [0.25, 0.3) is 10.4 Å². The number of carbonyl (C=O) groups excluding carboxylic acids is 3. The Labute approximate surface area is 165 Å². The number of carbonyl (C=O) groups is 3. The maximum Gasteiger partial charge on any atom is 0.344 e. The number of hydrogen-bond donors (Lipinski definition) is 2. The maximum absolute atomic E-state index is 13.1. The summed E-state index contributed by atoms with van der Waals surface area (Å²) in [5, 5.41) is 3.57. The molecule has 0 atom stereocenters. The summed E-state index contributed by atoms with van der Waals surface area (Å²) in [6.45, 7) is 2.13. The van der Waals surface area contributed by atoms with Gasteiger partial charge in [-0.05, 0) is 61.4 Å². The number of halogens is 1. The zero-order chi connectivity index (χ0) is 19.9. The van der Waals surface area contributed by atoms with Crippen LogP contribution in [0.1, 0.15) is 42.3 Å². The predicted molar refractivity (Wildman–Crippen MR) is 103 cm³/mol. The van der Waals surface area contributed by atoms with Gasteiger partial charge in [0, 0.05) is 4.88 Å². The van der Waals surface area contributed by atoms with Gasteiger partial charge in [0.05, 0.1) is 4.88 Å². The zero-order valence-electron chi connectivity index (χ0n) is 15.3. The van der Waals surface area contributed by atoms with Crippen LogP contribution in [-0.4, -0.2) is 28.4 Å². The second-order valence-electron chi connectivity index (χ2n) is 7.45. The van der Waals surface area contributed by atoms with Gasteiger partial charge in [0.2, 0.25) is 0 Å². The quantitative estimate of drug-likeness (QED) is 0.770. The second-order valence-corrected chi connectivity index (χ2v) is 8.53. The Hall–Kier alpha value is -2.74. The van der Waals surface area contributed by atoms with Crippen LogP contribution in [0.4, 0.5) is 9.18 Å². The standard InChI is InChI=1S/C20H20FN3O3S/c1-12-8-10-20(11-9-12)18(26)24(19(27)22-20)23-17(25)16-7-6-15(28-16)13-2-4-14(21)5-3-13/h2-7,12H,8-11H2,1H3,(H,22,27)(H,23,25). The van der Waals surface area contributed by atoms with E-state index in [1.54, 1.807) is 24.3 Å². The predicted octanol–water partition coefficient (Wildman–Crippen LogP) is 3.70. The van der Waals surface area contributed by atoms with E-state index in [0.29, 0.717) is 23.6 Å². The molecular formula is C20H20FN3O3S. The van der Waals surface area contributed by atoms with Gasteiger partial charge < -0.3 is 5.32 Å². The number of amides is 4. The molecule has 2 heterocycles. The van der Waals surface area contributed by atoms with E-state index in [1.165, 1.54) is 23.5 Å². The minimum atomic E-state index is -0.897. The van der Waals surface area contributed by atoms with Gasteiger partial charge in [0.25, 0.3) is 11.8 Å². The summed E-state index contributed by atoms with van der Waals surface area (Å²) in [4.78, 5) is 38.9. The van der Waals surface area contributed by atoms with Crippen molar-refractivity contribution in [3.8, 4) is 10.4 Å². The summed E-state index contributed by atoms with van der Waals surface area (Å²) in [6.07, 6.45) is 2.89. The molecule has 1 aliphatic carbocycles. The topological polar surface area (TPSA) is 78.5 Å². The SMILES string of the molecule is CC1CCC2(CC1)NC(=O)N(NC(=O)c1ccc(-c3ccc(F)cc3)s1)C2=O. The van der Waals surface area contributed by atoms with Crippen molar-refractivity contribution in [3.05, 3.63) is 47.1 Å². The number of hydrazine groups is 1. The molecule has 146 valence electrons. The summed E-state index contributed by atoms with van der Waals surface area (Å²) < 4.78 is 13.1. The fourth-order valence-corrected chi connectivity index (χ4v) is 4.60. The molecule has 2 aliphatic rings. The molecule has 4 rings (SSSR count). The Kier molecular flexibility index (Phi) is 4.66. The van der Waals surface area contributed by atoms with Crippen molar-refractivity contribution in [2.75, 3.05) is 0 Å². The average Bonchev–Trinajstić information content (AvgIpc) is 3.25. The lowest BCUT2D eigenvalue weighted by Crippen LogP contribution is -2.51. The molecule has 1 spiro atoms. The van der Waals surface area contributed by atoms with Crippen LogP contribution in [0.2, 0.25) is 0 Å². The largest absolute Gasteiger partial charge is 0.344 e. The van der Waals surface area contributed by atoms with Gasteiger partial charge in [-0.15, -0.1) is 11.3 Å². The second kappa shape index (κ2) is 7.01. The van der Waals surface area contributed by atoms with E-state index in [4.69, 9.17) is 0 Å². The van der Waals surface area contributed by atoms with Crippen LogP contribution in [-0.2, 0) is 4.79 Å². The fourth-order valence-electron chi connectivity index (χ4n) is 3.70. The summed E-state index contributed by atoms with van der Waals surface area (Å²) in [7, 11) is 0. The molecule has 0 radical (unpaired) electrons. The van der Waals surface area contributed by atoms with Gasteiger partial charge in [0.1, 0.15) is 11.4 Å². The van der Waals surface area contributed by atoms with Crippen molar-refractivity contribution in [3.63, 3.8) is 0 Å². The number of thiophene rings is 1. The van der Waals surface area contributed by atoms with Crippen LogP contribution in [0.3, 0.4) is 0 Å². The van der Waals surface area contributed by atoms with E-state index < -0.39 is 23.4 Å². The Morgan fingerprint density at radius 2 is 1.86 bits per heavy atom. The van der Waals surface area contributed by atoms with Crippen molar-refractivity contribution < 1.29 is 18.8 Å². The highest BCUT2D eigenvalue weighted by Gasteiger charge is 2.52. The van der Waals surface area contributed by atoms with E-state index in [2.05, 4.69) is 17.7 Å². The summed E-state index contributed by atoms with van der Waals surface area (Å²) in [6, 6.07) is 8.75. The fraction of sp³-hybridized carbons (Fsp3) is 0.350. The van der Waals surface area contributed by atoms with Crippen LogP contribution >= 0.6 is 11.3 Å². The van der Waals surface area contributed by atoms with Crippen molar-refractivity contribution in [1.29, 1.82) is 0 Å². The van der Waals surface area contributed by atoms with Crippen LogP contribution in [0.5, 0.6) is 0 Å². The smallest absolute Gasteiger partial charge is 0.322 e. The van der Waals surface area contributed by atoms with Crippen molar-refractivity contribution in [1.82, 2.24) is 15.8 Å². The van der Waals surface area contributed by atoms with Crippen molar-refractivity contribution >= 4 is 29.2 Å². The summed E-state index contributed by atoms with van der Waals surface area (Å²) >= 11 is 1.21. The van der Waals surface area contributed by atoms with Crippen LogP contribution < -0.4 is 10.7 Å². The van der Waals surface area contributed by atoms with E-state index in [0.717, 1.165) is 28.3 Å². The first-order valence-corrected chi connectivity index (χ1v) is 10.0. The Bertz CT molecular complexity index is 932. The number of benzene rings is 1. The zero-order valence-corrected chi connectivity index (χ0v) is 16.1. The first-order valence-electron chi connectivity index (χ1n) is 9.21. The lowest BCUT2D eigenvalue weighted by atomic mass is 9.77. The third-order valence-corrected chi connectivity index (χ3v) is 6.59. The molecule has 1 saturated heterocycles. The molecular weight excluding hydrogens is 381 g/mol. The number of imide groups is 1. The lowest BCUT2D eigenvalue weighted by molar-refractivity contribution is -0.134. The molecule has 2 fully saturated rings. The first-order chi connectivity index (χ1) is 13.4. The first kappa shape index (κ1) is 18.6. The molecule has 2 N–H and O–H groups in total. The van der Waals surface area contributed by atoms with Crippen LogP contribution in [0, 0.1) is 11.7 Å². The molecule has 1 aromatic heterocycles. The lowest BCUT2D eigenvalue weighted by Gasteiger charge is -2.33. The molecule has 1 aromatic carbocycles. The molecule has 6 nitrogen and oxygen atoms in total. The molecule has 0 unspecified atom stereocenters. The van der Waals surface area contributed by atoms with Gasteiger partial charge in [-0.25, -0.2) is 9.18 Å². The average molecular weight is 401 g/mol. The molecule has 4 amide bonds. The minimum absolute atomic E-state index is 0.331. The number of urea groups is 1. The minimum Gasteiger partial charge on any atom is -0.322 e. The molecule has 0 bridgehead atoms. The Morgan fingerprint density at radius 3 is 2.54 bits per heavy atom. The van der Waals surface area contributed by atoms with E-state index in [-0.39, 0.29) is 5.82 Å². The third-order valence-electron chi connectivity index (χ3n) is 5.46. The van der Waals surface area contributed by atoms with Gasteiger partial charge in [-0.3, -0.25) is 15.0 Å². The summed E-state index contributed by atoms with van der Waals surface area (Å²) in [5.74, 6) is -0.728. The number of hydrogen-bond acceptors (Lipinski definition) is 4. The molecule has 2 aromatic rings. The van der Waals surface area contributed by atoms with Gasteiger partial charge in [-0.1, -0.05) is 19.1 Å².